The Morgan fingerprint density at radius 2 is 2.17 bits per heavy atom. The molecule has 0 bridgehead atoms. The van der Waals surface area contributed by atoms with Gasteiger partial charge in [0.1, 0.15) is 0 Å². The Morgan fingerprint density at radius 1 is 1.33 bits per heavy atom. The largest absolute Gasteiger partial charge is 0.301 e. The number of piperidine rings is 1. The van der Waals surface area contributed by atoms with Crippen molar-refractivity contribution >= 4 is 22.4 Å². The molecule has 4 nitrogen and oxygen atoms in total. The van der Waals surface area contributed by atoms with E-state index in [4.69, 9.17) is 0 Å². The molecule has 0 spiro atoms. The molecule has 0 aliphatic carbocycles. The maximum Gasteiger partial charge on any atom is 0.240 e. The molecule has 1 aromatic carbocycles. The van der Waals surface area contributed by atoms with Crippen LogP contribution in [0.1, 0.15) is 37.3 Å². The number of aryl methyl sites for hydroxylation is 2. The van der Waals surface area contributed by atoms with Gasteiger partial charge >= 0.3 is 0 Å². The third-order valence-electron chi connectivity index (χ3n) is 4.84. The van der Waals surface area contributed by atoms with Gasteiger partial charge < -0.3 is 5.32 Å². The summed E-state index contributed by atoms with van der Waals surface area (Å²) >= 11 is 1.48. The molecular formula is C19H25N3OS. The number of hydrogen-bond donors (Lipinski definition) is 1. The highest BCUT2D eigenvalue weighted by molar-refractivity contribution is 7.14. The van der Waals surface area contributed by atoms with Crippen molar-refractivity contribution in [2.75, 3.05) is 18.4 Å². The quantitative estimate of drug-likeness (QED) is 0.903. The molecule has 2 heterocycles. The maximum atomic E-state index is 12.3. The fourth-order valence-corrected chi connectivity index (χ4v) is 3.84. The van der Waals surface area contributed by atoms with Crippen LogP contribution in [-0.4, -0.2) is 34.9 Å². The molecular weight excluding hydrogens is 318 g/mol. The molecule has 0 radical (unpaired) electrons. The van der Waals surface area contributed by atoms with Crippen LogP contribution >= 0.6 is 11.3 Å². The molecule has 2 aromatic rings. The summed E-state index contributed by atoms with van der Waals surface area (Å²) < 4.78 is 0. The van der Waals surface area contributed by atoms with E-state index in [1.807, 2.05) is 5.38 Å². The van der Waals surface area contributed by atoms with E-state index in [-0.39, 0.29) is 5.91 Å². The lowest BCUT2D eigenvalue weighted by Crippen LogP contribution is -2.42. The number of nitrogens with one attached hydrogen (secondary N) is 1. The van der Waals surface area contributed by atoms with Crippen molar-refractivity contribution in [2.24, 2.45) is 0 Å². The Labute approximate surface area is 147 Å². The van der Waals surface area contributed by atoms with E-state index in [1.54, 1.807) is 0 Å². The van der Waals surface area contributed by atoms with E-state index in [9.17, 15) is 4.79 Å². The van der Waals surface area contributed by atoms with Crippen LogP contribution in [0.5, 0.6) is 0 Å². The number of likely N-dealkylation sites (tertiary alicyclic amines) is 1. The first-order valence-electron chi connectivity index (χ1n) is 8.60. The highest BCUT2D eigenvalue weighted by atomic mass is 32.1. The van der Waals surface area contributed by atoms with Gasteiger partial charge in [-0.25, -0.2) is 4.98 Å². The van der Waals surface area contributed by atoms with Crippen LogP contribution in [0.2, 0.25) is 0 Å². The average molecular weight is 343 g/mol. The number of thiazole rings is 1. The molecule has 128 valence electrons. The Hall–Kier alpha value is -1.72. The molecule has 1 unspecified atom stereocenters. The lowest BCUT2D eigenvalue weighted by molar-refractivity contribution is -0.118. The first-order valence-corrected chi connectivity index (χ1v) is 9.48. The van der Waals surface area contributed by atoms with Crippen molar-refractivity contribution in [3.8, 4) is 11.3 Å². The fourth-order valence-electron chi connectivity index (χ4n) is 3.10. The Morgan fingerprint density at radius 3 is 2.92 bits per heavy atom. The molecule has 1 saturated heterocycles. The van der Waals surface area contributed by atoms with Crippen molar-refractivity contribution in [3.05, 3.63) is 34.7 Å². The van der Waals surface area contributed by atoms with E-state index < -0.39 is 0 Å². The zero-order chi connectivity index (χ0) is 17.1. The van der Waals surface area contributed by atoms with Crippen LogP contribution in [0, 0.1) is 13.8 Å². The average Bonchev–Trinajstić information content (AvgIpc) is 3.00. The van der Waals surface area contributed by atoms with Crippen molar-refractivity contribution in [1.29, 1.82) is 0 Å². The number of nitrogens with zero attached hydrogens (tertiary/aromatic N) is 2. The van der Waals surface area contributed by atoms with Crippen molar-refractivity contribution < 1.29 is 4.79 Å². The zero-order valence-corrected chi connectivity index (χ0v) is 15.4. The van der Waals surface area contributed by atoms with E-state index in [0.717, 1.165) is 17.8 Å². The lowest BCUT2D eigenvalue weighted by Gasteiger charge is -2.32. The predicted molar refractivity (Wildman–Crippen MR) is 101 cm³/mol. The third kappa shape index (κ3) is 4.02. The normalized spacial score (nSPS) is 18.5. The summed E-state index contributed by atoms with van der Waals surface area (Å²) in [6, 6.07) is 6.83. The molecule has 1 N–H and O–H groups in total. The van der Waals surface area contributed by atoms with Crippen LogP contribution in [0.3, 0.4) is 0 Å². The molecule has 1 aromatic heterocycles. The molecule has 1 aliphatic rings. The van der Waals surface area contributed by atoms with Crippen LogP contribution in [-0.2, 0) is 4.79 Å². The van der Waals surface area contributed by atoms with E-state index >= 15 is 0 Å². The second kappa shape index (κ2) is 7.45. The predicted octanol–water partition coefficient (Wildman–Crippen LogP) is 4.24. The number of amides is 1. The van der Waals surface area contributed by atoms with E-state index in [1.165, 1.54) is 41.7 Å². The fraction of sp³-hybridized carbons (Fsp3) is 0.474. The highest BCUT2D eigenvalue weighted by Crippen LogP contribution is 2.26. The second-order valence-corrected chi connectivity index (χ2v) is 7.56. The molecule has 5 heteroatoms. The molecule has 0 saturated carbocycles. The van der Waals surface area contributed by atoms with Crippen molar-refractivity contribution in [1.82, 2.24) is 9.88 Å². The van der Waals surface area contributed by atoms with Gasteiger partial charge in [-0.05, 0) is 57.4 Å². The number of carbonyl (C=O) groups excluding carboxylic acids is 1. The van der Waals surface area contributed by atoms with Gasteiger partial charge in [0.2, 0.25) is 5.91 Å². The molecule has 24 heavy (non-hydrogen) atoms. The Balaban J connectivity index is 1.63. The minimum absolute atomic E-state index is 0.0322. The molecule has 1 atom stereocenters. The van der Waals surface area contributed by atoms with Gasteiger partial charge in [-0.3, -0.25) is 9.69 Å². The topological polar surface area (TPSA) is 45.2 Å². The van der Waals surface area contributed by atoms with Crippen LogP contribution in [0.15, 0.2) is 23.6 Å². The van der Waals surface area contributed by atoms with Crippen LogP contribution in [0.25, 0.3) is 11.3 Å². The summed E-state index contributed by atoms with van der Waals surface area (Å²) in [5.41, 5.74) is 4.55. The maximum absolute atomic E-state index is 12.3. The lowest BCUT2D eigenvalue weighted by atomic mass is 10.0. The number of hydrogen-bond acceptors (Lipinski definition) is 4. The number of rotatable bonds is 4. The zero-order valence-electron chi connectivity index (χ0n) is 14.6. The number of anilines is 1. The van der Waals surface area contributed by atoms with E-state index in [2.05, 4.69) is 54.2 Å². The molecule has 1 amide bonds. The summed E-state index contributed by atoms with van der Waals surface area (Å²) in [7, 11) is 0. The summed E-state index contributed by atoms with van der Waals surface area (Å²) in [6.07, 6.45) is 3.64. The first-order chi connectivity index (χ1) is 11.5. The molecule has 3 rings (SSSR count). The highest BCUT2D eigenvalue weighted by Gasteiger charge is 2.21. The minimum Gasteiger partial charge on any atom is -0.301 e. The number of carbonyl (C=O) groups is 1. The third-order valence-corrected chi connectivity index (χ3v) is 5.60. The van der Waals surface area contributed by atoms with Gasteiger partial charge in [-0.15, -0.1) is 11.3 Å². The van der Waals surface area contributed by atoms with Crippen LogP contribution in [0.4, 0.5) is 5.13 Å². The molecule has 1 fully saturated rings. The minimum atomic E-state index is 0.0322. The monoisotopic (exact) mass is 343 g/mol. The molecule has 1 aliphatic heterocycles. The Kier molecular flexibility index (Phi) is 5.31. The van der Waals surface area contributed by atoms with Gasteiger partial charge in [-0.2, -0.15) is 0 Å². The van der Waals surface area contributed by atoms with Crippen LogP contribution < -0.4 is 5.32 Å². The number of benzene rings is 1. The summed E-state index contributed by atoms with van der Waals surface area (Å²) in [5, 5.41) is 5.63. The van der Waals surface area contributed by atoms with Gasteiger partial charge in [0.15, 0.2) is 5.13 Å². The summed E-state index contributed by atoms with van der Waals surface area (Å²) in [6.45, 7) is 7.88. The number of aromatic nitrogens is 1. The summed E-state index contributed by atoms with van der Waals surface area (Å²) in [5.74, 6) is 0.0322. The SMILES string of the molecule is Cc1ccc(-c2csc(NC(=O)CN3CCCCC3C)n2)cc1C. The standard InChI is InChI=1S/C19H25N3OS/c1-13-7-8-16(10-14(13)2)17-12-24-19(20-17)21-18(23)11-22-9-5-4-6-15(22)3/h7-8,10,12,15H,4-6,9,11H2,1-3H3,(H,20,21,23). The summed E-state index contributed by atoms with van der Waals surface area (Å²) in [4.78, 5) is 19.1. The van der Waals surface area contributed by atoms with Gasteiger partial charge in [0, 0.05) is 17.0 Å². The van der Waals surface area contributed by atoms with Crippen molar-refractivity contribution in [2.45, 2.75) is 46.1 Å². The second-order valence-electron chi connectivity index (χ2n) is 6.70. The van der Waals surface area contributed by atoms with Gasteiger partial charge in [0.05, 0.1) is 12.2 Å². The van der Waals surface area contributed by atoms with Gasteiger partial charge in [0.25, 0.3) is 0 Å². The van der Waals surface area contributed by atoms with Crippen molar-refractivity contribution in [3.63, 3.8) is 0 Å². The first kappa shape index (κ1) is 17.1. The van der Waals surface area contributed by atoms with E-state index in [0.29, 0.717) is 17.7 Å². The Bertz CT molecular complexity index is 725. The van der Waals surface area contributed by atoms with Gasteiger partial charge in [-0.1, -0.05) is 18.6 Å². The smallest absolute Gasteiger partial charge is 0.240 e.